The number of thiophene rings is 2. The molecule has 0 unspecified atom stereocenters. The van der Waals surface area contributed by atoms with Crippen LogP contribution in [-0.2, 0) is 0 Å². The van der Waals surface area contributed by atoms with Crippen LogP contribution in [0, 0.1) is 6.92 Å². The van der Waals surface area contributed by atoms with E-state index in [-0.39, 0.29) is 0 Å². The van der Waals surface area contributed by atoms with Crippen molar-refractivity contribution in [1.82, 2.24) is 0 Å². The fourth-order valence-corrected chi connectivity index (χ4v) is 4.01. The molecule has 2 heteroatoms. The first kappa shape index (κ1) is 8.27. The van der Waals surface area contributed by atoms with E-state index in [2.05, 4.69) is 31.5 Å². The van der Waals surface area contributed by atoms with E-state index in [1.807, 2.05) is 22.7 Å². The van der Waals surface area contributed by atoms with Crippen LogP contribution in [0.1, 0.15) is 30.9 Å². The molecule has 2 rings (SSSR count). The fourth-order valence-electron chi connectivity index (χ4n) is 1.35. The first-order valence-corrected chi connectivity index (χ1v) is 5.91. The predicted octanol–water partition coefficient (Wildman–Crippen LogP) is 4.39. The summed E-state index contributed by atoms with van der Waals surface area (Å²) in [5.74, 6) is 0.664. The quantitative estimate of drug-likeness (QED) is 0.634. The van der Waals surface area contributed by atoms with Gasteiger partial charge in [-0.1, -0.05) is 13.8 Å². The molecule has 0 atom stereocenters. The van der Waals surface area contributed by atoms with Gasteiger partial charge >= 0.3 is 0 Å². The Balaban J connectivity index is 2.71. The Kier molecular flexibility index (Phi) is 1.97. The molecule has 12 heavy (non-hydrogen) atoms. The fraction of sp³-hybridized carbons (Fsp3) is 0.400. The summed E-state index contributed by atoms with van der Waals surface area (Å²) in [5, 5.41) is 4.56. The van der Waals surface area contributed by atoms with Crippen LogP contribution in [0.4, 0.5) is 0 Å². The molecular formula is C10H12S2. The van der Waals surface area contributed by atoms with Gasteiger partial charge in [0.25, 0.3) is 0 Å². The molecule has 0 spiro atoms. The maximum Gasteiger partial charge on any atom is 0.0487 e. The van der Waals surface area contributed by atoms with E-state index in [0.717, 1.165) is 0 Å². The molecule has 0 aliphatic carbocycles. The number of hydrogen-bond donors (Lipinski definition) is 0. The van der Waals surface area contributed by atoms with Crippen molar-refractivity contribution in [3.05, 3.63) is 21.9 Å². The molecule has 0 aliphatic rings. The van der Waals surface area contributed by atoms with E-state index < -0.39 is 0 Å². The number of fused-ring (bicyclic) bond motifs is 1. The van der Waals surface area contributed by atoms with Crippen LogP contribution in [0.5, 0.6) is 0 Å². The van der Waals surface area contributed by atoms with Gasteiger partial charge in [0.1, 0.15) is 0 Å². The second kappa shape index (κ2) is 2.86. The number of rotatable bonds is 1. The second-order valence-corrected chi connectivity index (χ2v) is 5.18. The average molecular weight is 196 g/mol. The molecule has 0 aromatic carbocycles. The van der Waals surface area contributed by atoms with Crippen LogP contribution in [0.25, 0.3) is 9.40 Å². The molecule has 64 valence electrons. The third kappa shape index (κ3) is 1.10. The summed E-state index contributed by atoms with van der Waals surface area (Å²) in [6, 6.07) is 0. The lowest BCUT2D eigenvalue weighted by molar-refractivity contribution is 0.882. The van der Waals surface area contributed by atoms with Crippen LogP contribution in [0.2, 0.25) is 0 Å². The number of hydrogen-bond acceptors (Lipinski definition) is 2. The highest BCUT2D eigenvalue weighted by Gasteiger charge is 2.10. The van der Waals surface area contributed by atoms with Crippen molar-refractivity contribution in [2.75, 3.05) is 0 Å². The van der Waals surface area contributed by atoms with Gasteiger partial charge in [-0.15, -0.1) is 22.7 Å². The smallest absolute Gasteiger partial charge is 0.0487 e. The minimum atomic E-state index is 0.664. The van der Waals surface area contributed by atoms with Gasteiger partial charge in [0, 0.05) is 9.40 Å². The van der Waals surface area contributed by atoms with Crippen molar-refractivity contribution in [1.29, 1.82) is 0 Å². The van der Waals surface area contributed by atoms with E-state index in [1.165, 1.54) is 20.5 Å². The maximum atomic E-state index is 2.30. The minimum absolute atomic E-state index is 0.664. The van der Waals surface area contributed by atoms with Crippen molar-refractivity contribution in [2.24, 2.45) is 0 Å². The Morgan fingerprint density at radius 3 is 2.42 bits per heavy atom. The summed E-state index contributed by atoms with van der Waals surface area (Å²) < 4.78 is 3.00. The Labute approximate surface area is 80.9 Å². The van der Waals surface area contributed by atoms with Gasteiger partial charge in [0.2, 0.25) is 0 Å². The molecule has 0 saturated heterocycles. The third-order valence-electron chi connectivity index (χ3n) is 2.11. The van der Waals surface area contributed by atoms with Crippen LogP contribution >= 0.6 is 22.7 Å². The van der Waals surface area contributed by atoms with Crippen LogP contribution < -0.4 is 0 Å². The molecule has 0 aliphatic heterocycles. The zero-order valence-electron chi connectivity index (χ0n) is 7.55. The highest BCUT2D eigenvalue weighted by atomic mass is 32.1. The molecule has 2 aromatic heterocycles. The Morgan fingerprint density at radius 1 is 1.08 bits per heavy atom. The highest BCUT2D eigenvalue weighted by molar-refractivity contribution is 7.26. The van der Waals surface area contributed by atoms with Crippen molar-refractivity contribution in [3.8, 4) is 0 Å². The van der Waals surface area contributed by atoms with Crippen LogP contribution in [0.3, 0.4) is 0 Å². The summed E-state index contributed by atoms with van der Waals surface area (Å²) in [4.78, 5) is 0. The summed E-state index contributed by atoms with van der Waals surface area (Å²) in [6.07, 6.45) is 0. The minimum Gasteiger partial charge on any atom is -0.142 e. The first-order chi connectivity index (χ1) is 5.70. The summed E-state index contributed by atoms with van der Waals surface area (Å²) in [6.45, 7) is 6.71. The molecule has 0 N–H and O–H groups in total. The summed E-state index contributed by atoms with van der Waals surface area (Å²) in [7, 11) is 0. The zero-order valence-corrected chi connectivity index (χ0v) is 9.18. The lowest BCUT2D eigenvalue weighted by Gasteiger charge is -1.98. The van der Waals surface area contributed by atoms with Gasteiger partial charge in [-0.3, -0.25) is 0 Å². The van der Waals surface area contributed by atoms with Gasteiger partial charge in [-0.2, -0.15) is 0 Å². The second-order valence-electron chi connectivity index (χ2n) is 3.42. The normalized spacial score (nSPS) is 11.7. The largest absolute Gasteiger partial charge is 0.142 e. The molecule has 2 aromatic rings. The van der Waals surface area contributed by atoms with Crippen LogP contribution in [-0.4, -0.2) is 0 Å². The van der Waals surface area contributed by atoms with Crippen molar-refractivity contribution in [2.45, 2.75) is 26.7 Å². The average Bonchev–Trinajstić information content (AvgIpc) is 2.53. The van der Waals surface area contributed by atoms with E-state index in [4.69, 9.17) is 0 Å². The van der Waals surface area contributed by atoms with E-state index in [0.29, 0.717) is 5.92 Å². The van der Waals surface area contributed by atoms with E-state index >= 15 is 0 Å². The molecular weight excluding hydrogens is 184 g/mol. The lowest BCUT2D eigenvalue weighted by Crippen LogP contribution is -1.80. The molecule has 0 saturated carbocycles. The molecule has 2 heterocycles. The van der Waals surface area contributed by atoms with Gasteiger partial charge in [-0.25, -0.2) is 0 Å². The standard InChI is InChI=1S/C10H12S2/c1-6(2)8-5-12-9-7(3)4-11-10(8)9/h4-6H,1-3H3. The zero-order chi connectivity index (χ0) is 8.72. The monoisotopic (exact) mass is 196 g/mol. The highest BCUT2D eigenvalue weighted by Crippen LogP contribution is 2.37. The van der Waals surface area contributed by atoms with Gasteiger partial charge in [0.05, 0.1) is 0 Å². The number of aryl methyl sites for hydroxylation is 1. The Hall–Kier alpha value is -0.340. The molecule has 0 nitrogen and oxygen atoms in total. The van der Waals surface area contributed by atoms with Crippen molar-refractivity contribution < 1.29 is 0 Å². The van der Waals surface area contributed by atoms with Crippen LogP contribution in [0.15, 0.2) is 10.8 Å². The molecule has 0 radical (unpaired) electrons. The topological polar surface area (TPSA) is 0 Å². The van der Waals surface area contributed by atoms with Gasteiger partial charge in [0.15, 0.2) is 0 Å². The van der Waals surface area contributed by atoms with E-state index in [1.54, 1.807) is 0 Å². The molecule has 0 bridgehead atoms. The van der Waals surface area contributed by atoms with Gasteiger partial charge < -0.3 is 0 Å². The molecule has 0 amide bonds. The van der Waals surface area contributed by atoms with Crippen molar-refractivity contribution in [3.63, 3.8) is 0 Å². The Bertz CT molecular complexity index is 393. The third-order valence-corrected chi connectivity index (χ3v) is 4.52. The summed E-state index contributed by atoms with van der Waals surface area (Å²) in [5.41, 5.74) is 2.96. The van der Waals surface area contributed by atoms with E-state index in [9.17, 15) is 0 Å². The molecule has 0 fully saturated rings. The predicted molar refractivity (Wildman–Crippen MR) is 58.5 cm³/mol. The first-order valence-electron chi connectivity index (χ1n) is 4.15. The summed E-state index contributed by atoms with van der Waals surface area (Å²) >= 11 is 3.77. The van der Waals surface area contributed by atoms with Gasteiger partial charge in [-0.05, 0) is 34.7 Å². The SMILES string of the molecule is Cc1csc2c(C(C)C)csc12. The lowest BCUT2D eigenvalue weighted by atomic mass is 10.1. The van der Waals surface area contributed by atoms with Crippen molar-refractivity contribution >= 4 is 32.1 Å². The maximum absolute atomic E-state index is 2.30. The Morgan fingerprint density at radius 2 is 1.75 bits per heavy atom.